The van der Waals surface area contributed by atoms with E-state index in [1.807, 2.05) is 0 Å². The highest BCUT2D eigenvalue weighted by Gasteiger charge is 2.12. The Labute approximate surface area is 135 Å². The lowest BCUT2D eigenvalue weighted by atomic mass is 9.85. The van der Waals surface area contributed by atoms with Gasteiger partial charge in [-0.05, 0) is 5.92 Å². The zero-order chi connectivity index (χ0) is 15.0. The summed E-state index contributed by atoms with van der Waals surface area (Å²) in [4.78, 5) is 0. The van der Waals surface area contributed by atoms with Crippen LogP contribution in [0.2, 0.25) is 0 Å². The molecule has 1 rings (SSSR count). The smallest absolute Gasteiger partial charge is 0.0414 e. The molecule has 1 saturated carbocycles. The summed E-state index contributed by atoms with van der Waals surface area (Å²) in [7, 11) is 0. The van der Waals surface area contributed by atoms with E-state index in [1.54, 1.807) is 0 Å². The normalized spacial score (nSPS) is 16.4. The van der Waals surface area contributed by atoms with Gasteiger partial charge < -0.3 is 0 Å². The van der Waals surface area contributed by atoms with E-state index in [-0.39, 0.29) is 0 Å². The molecule has 0 radical (unpaired) electrons. The Bertz CT molecular complexity index is 190. The van der Waals surface area contributed by atoms with E-state index in [2.05, 4.69) is 6.92 Å². The molecule has 0 N–H and O–H groups in total. The summed E-state index contributed by atoms with van der Waals surface area (Å²) < 4.78 is 0. The van der Waals surface area contributed by atoms with E-state index in [9.17, 15) is 0 Å². The molecule has 0 spiro atoms. The van der Waals surface area contributed by atoms with E-state index in [0.717, 1.165) is 5.92 Å². The average molecular weight is 295 g/mol. The van der Waals surface area contributed by atoms with Crippen molar-refractivity contribution >= 4 is 0 Å². The van der Waals surface area contributed by atoms with Crippen LogP contribution in [0.5, 0.6) is 0 Å². The van der Waals surface area contributed by atoms with Gasteiger partial charge in [0.2, 0.25) is 0 Å². The fourth-order valence-corrected chi connectivity index (χ4v) is 3.93. The van der Waals surface area contributed by atoms with Crippen LogP contribution in [0.25, 0.3) is 0 Å². The molecule has 126 valence electrons. The van der Waals surface area contributed by atoms with Crippen molar-refractivity contribution in [1.29, 1.82) is 0 Å². The third-order valence-corrected chi connectivity index (χ3v) is 5.44. The third-order valence-electron chi connectivity index (χ3n) is 5.44. The highest BCUT2D eigenvalue weighted by atomic mass is 14.2. The van der Waals surface area contributed by atoms with Gasteiger partial charge in [0.05, 0.1) is 0 Å². The van der Waals surface area contributed by atoms with Crippen molar-refractivity contribution < 1.29 is 0 Å². The van der Waals surface area contributed by atoms with Gasteiger partial charge in [0, 0.05) is 0 Å². The fourth-order valence-electron chi connectivity index (χ4n) is 3.93. The van der Waals surface area contributed by atoms with Crippen LogP contribution < -0.4 is 0 Å². The predicted octanol–water partition coefficient (Wildman–Crippen LogP) is 8.05. The van der Waals surface area contributed by atoms with Crippen LogP contribution in [0.15, 0.2) is 0 Å². The molecule has 0 heterocycles. The first-order valence-electron chi connectivity index (χ1n) is 10.4. The standard InChI is InChI=1S/C21H42/c1-2-3-4-5-6-7-8-9-10-11-12-13-15-18-21-19-16-14-17-20-21/h21H,2-20H2,1H3. The summed E-state index contributed by atoms with van der Waals surface area (Å²) in [5.74, 6) is 1.10. The van der Waals surface area contributed by atoms with E-state index in [4.69, 9.17) is 0 Å². The second-order valence-corrected chi connectivity index (χ2v) is 7.54. The predicted molar refractivity (Wildman–Crippen MR) is 96.9 cm³/mol. The van der Waals surface area contributed by atoms with Crippen LogP contribution in [0, 0.1) is 5.92 Å². The van der Waals surface area contributed by atoms with Gasteiger partial charge in [0.25, 0.3) is 0 Å². The summed E-state index contributed by atoms with van der Waals surface area (Å²) in [5, 5.41) is 0. The number of rotatable bonds is 14. The maximum Gasteiger partial charge on any atom is -0.0414 e. The SMILES string of the molecule is CCCCCCCCCCCCCCCC1CCCCC1. The number of hydrogen-bond donors (Lipinski definition) is 0. The molecule has 0 aromatic carbocycles. The molecule has 1 aliphatic rings. The molecule has 0 aromatic heterocycles. The lowest BCUT2D eigenvalue weighted by Crippen LogP contribution is -2.05. The molecule has 0 aliphatic heterocycles. The van der Waals surface area contributed by atoms with Crippen molar-refractivity contribution in [2.45, 2.75) is 129 Å². The van der Waals surface area contributed by atoms with Gasteiger partial charge in [-0.25, -0.2) is 0 Å². The first kappa shape index (κ1) is 19.0. The lowest BCUT2D eigenvalue weighted by molar-refractivity contribution is 0.328. The van der Waals surface area contributed by atoms with Crippen LogP contribution in [0.3, 0.4) is 0 Å². The van der Waals surface area contributed by atoms with Gasteiger partial charge in [0.1, 0.15) is 0 Å². The van der Waals surface area contributed by atoms with Gasteiger partial charge in [-0.3, -0.25) is 0 Å². The van der Waals surface area contributed by atoms with Crippen LogP contribution in [0.4, 0.5) is 0 Å². The van der Waals surface area contributed by atoms with E-state index < -0.39 is 0 Å². The highest BCUT2D eigenvalue weighted by molar-refractivity contribution is 4.65. The summed E-state index contributed by atoms with van der Waals surface area (Å²) in [6.45, 7) is 2.30. The van der Waals surface area contributed by atoms with Crippen molar-refractivity contribution in [3.8, 4) is 0 Å². The number of unbranched alkanes of at least 4 members (excludes halogenated alkanes) is 12. The molecule has 1 fully saturated rings. The second kappa shape index (κ2) is 14.9. The molecule has 0 unspecified atom stereocenters. The average Bonchev–Trinajstić information content (AvgIpc) is 2.53. The molecule has 0 heteroatoms. The summed E-state index contributed by atoms with van der Waals surface area (Å²) >= 11 is 0. The third kappa shape index (κ3) is 12.2. The Morgan fingerprint density at radius 2 is 0.952 bits per heavy atom. The Morgan fingerprint density at radius 3 is 1.43 bits per heavy atom. The fraction of sp³-hybridized carbons (Fsp3) is 1.00. The van der Waals surface area contributed by atoms with Crippen molar-refractivity contribution in [2.24, 2.45) is 5.92 Å². The van der Waals surface area contributed by atoms with Gasteiger partial charge in [-0.2, -0.15) is 0 Å². The quantitative estimate of drug-likeness (QED) is 0.284. The monoisotopic (exact) mass is 294 g/mol. The van der Waals surface area contributed by atoms with Crippen molar-refractivity contribution in [3.05, 3.63) is 0 Å². The lowest BCUT2D eigenvalue weighted by Gasteiger charge is -2.21. The molecule has 0 nitrogen and oxygen atoms in total. The molecule has 0 amide bonds. The Hall–Kier alpha value is 0. The summed E-state index contributed by atoms with van der Waals surface area (Å²) in [6, 6.07) is 0. The molecular formula is C21H42. The van der Waals surface area contributed by atoms with Gasteiger partial charge >= 0.3 is 0 Å². The minimum atomic E-state index is 1.10. The molecule has 0 aromatic rings. The highest BCUT2D eigenvalue weighted by Crippen LogP contribution is 2.28. The minimum Gasteiger partial charge on any atom is -0.0654 e. The maximum absolute atomic E-state index is 2.30. The van der Waals surface area contributed by atoms with E-state index >= 15 is 0 Å². The zero-order valence-electron chi connectivity index (χ0n) is 15.0. The largest absolute Gasteiger partial charge is 0.0654 e. The molecular weight excluding hydrogens is 252 g/mol. The molecule has 0 atom stereocenters. The van der Waals surface area contributed by atoms with Crippen LogP contribution in [0.1, 0.15) is 129 Å². The van der Waals surface area contributed by atoms with Gasteiger partial charge in [-0.15, -0.1) is 0 Å². The van der Waals surface area contributed by atoms with E-state index in [1.165, 1.54) is 122 Å². The molecule has 0 saturated heterocycles. The first-order chi connectivity index (χ1) is 10.4. The number of hydrogen-bond acceptors (Lipinski definition) is 0. The first-order valence-corrected chi connectivity index (χ1v) is 10.4. The van der Waals surface area contributed by atoms with E-state index in [0.29, 0.717) is 0 Å². The summed E-state index contributed by atoms with van der Waals surface area (Å²) in [6.07, 6.45) is 28.4. The van der Waals surface area contributed by atoms with Crippen LogP contribution in [-0.4, -0.2) is 0 Å². The molecule has 1 aliphatic carbocycles. The minimum absolute atomic E-state index is 1.10. The second-order valence-electron chi connectivity index (χ2n) is 7.54. The maximum atomic E-state index is 2.30. The summed E-state index contributed by atoms with van der Waals surface area (Å²) in [5.41, 5.74) is 0. The van der Waals surface area contributed by atoms with Crippen molar-refractivity contribution in [1.82, 2.24) is 0 Å². The zero-order valence-corrected chi connectivity index (χ0v) is 15.0. The molecule has 21 heavy (non-hydrogen) atoms. The van der Waals surface area contributed by atoms with Crippen molar-refractivity contribution in [2.75, 3.05) is 0 Å². The Balaban J connectivity index is 1.69. The topological polar surface area (TPSA) is 0 Å². The molecule has 0 bridgehead atoms. The Kier molecular flexibility index (Phi) is 13.5. The van der Waals surface area contributed by atoms with Crippen molar-refractivity contribution in [3.63, 3.8) is 0 Å². The van der Waals surface area contributed by atoms with Crippen LogP contribution >= 0.6 is 0 Å². The van der Waals surface area contributed by atoms with Crippen LogP contribution in [-0.2, 0) is 0 Å². The Morgan fingerprint density at radius 1 is 0.524 bits per heavy atom. The van der Waals surface area contributed by atoms with Gasteiger partial charge in [-0.1, -0.05) is 129 Å². The van der Waals surface area contributed by atoms with Gasteiger partial charge in [0.15, 0.2) is 0 Å².